The van der Waals surface area contributed by atoms with Crippen molar-refractivity contribution in [2.24, 2.45) is 5.92 Å². The highest BCUT2D eigenvalue weighted by molar-refractivity contribution is 6.60. The molecular formula is C19H41NO8Si. The van der Waals surface area contributed by atoms with E-state index in [1.165, 1.54) is 0 Å². The molecule has 0 saturated carbocycles. The van der Waals surface area contributed by atoms with Crippen LogP contribution in [0, 0.1) is 5.92 Å². The van der Waals surface area contributed by atoms with Crippen LogP contribution in [0.1, 0.15) is 26.7 Å². The Morgan fingerprint density at radius 2 is 1.38 bits per heavy atom. The number of nitrogens with one attached hydrogen (secondary N) is 1. The fourth-order valence-corrected chi connectivity index (χ4v) is 4.14. The molecule has 0 aromatic heterocycles. The third kappa shape index (κ3) is 14.9. The van der Waals surface area contributed by atoms with Crippen LogP contribution in [0.5, 0.6) is 0 Å². The maximum Gasteiger partial charge on any atom is 0.500 e. The van der Waals surface area contributed by atoms with Crippen LogP contribution >= 0.6 is 0 Å². The standard InChI is InChI=1S/C19H41NO8Si/c1-6-9-25-10-11-26-12-13-27-14-15-28-19(21)18(2)17-20-8-7-16-29(22-3,23-4)24-5/h18,20H,6-17H2,1-5H3. The molecule has 0 aromatic rings. The van der Waals surface area contributed by atoms with Crippen LogP contribution in [0.2, 0.25) is 6.04 Å². The molecule has 0 spiro atoms. The van der Waals surface area contributed by atoms with Gasteiger partial charge in [0.25, 0.3) is 0 Å². The number of hydrogen-bond acceptors (Lipinski definition) is 9. The Hall–Kier alpha value is -0.593. The highest BCUT2D eigenvalue weighted by Gasteiger charge is 2.36. The zero-order valence-corrected chi connectivity index (χ0v) is 19.8. The number of carbonyl (C=O) groups is 1. The molecule has 0 aliphatic carbocycles. The van der Waals surface area contributed by atoms with Crippen LogP contribution in [0.4, 0.5) is 0 Å². The molecule has 0 radical (unpaired) electrons. The molecular weight excluding hydrogens is 398 g/mol. The van der Waals surface area contributed by atoms with E-state index in [0.29, 0.717) is 39.6 Å². The summed E-state index contributed by atoms with van der Waals surface area (Å²) in [6.45, 7) is 8.70. The molecule has 174 valence electrons. The summed E-state index contributed by atoms with van der Waals surface area (Å²) in [7, 11) is 2.29. The van der Waals surface area contributed by atoms with Gasteiger partial charge in [-0.2, -0.15) is 0 Å². The van der Waals surface area contributed by atoms with Crippen molar-refractivity contribution in [1.29, 1.82) is 0 Å². The highest BCUT2D eigenvalue weighted by Crippen LogP contribution is 2.14. The Labute approximate surface area is 177 Å². The maximum atomic E-state index is 12.0. The Kier molecular flexibility index (Phi) is 19.0. The minimum Gasteiger partial charge on any atom is -0.463 e. The van der Waals surface area contributed by atoms with Crippen molar-refractivity contribution in [2.75, 3.05) is 80.7 Å². The summed E-state index contributed by atoms with van der Waals surface area (Å²) in [6.07, 6.45) is 1.85. The molecule has 0 fully saturated rings. The van der Waals surface area contributed by atoms with Gasteiger partial charge in [-0.3, -0.25) is 4.79 Å². The predicted octanol–water partition coefficient (Wildman–Crippen LogP) is 1.48. The number of esters is 1. The molecule has 1 atom stereocenters. The summed E-state index contributed by atoms with van der Waals surface area (Å²) in [4.78, 5) is 12.0. The van der Waals surface area contributed by atoms with Gasteiger partial charge in [0.1, 0.15) is 6.61 Å². The second-order valence-corrected chi connectivity index (χ2v) is 9.60. The van der Waals surface area contributed by atoms with Gasteiger partial charge in [-0.1, -0.05) is 13.8 Å². The average molecular weight is 440 g/mol. The lowest BCUT2D eigenvalue weighted by molar-refractivity contribution is -0.149. The van der Waals surface area contributed by atoms with Crippen molar-refractivity contribution >= 4 is 14.8 Å². The van der Waals surface area contributed by atoms with E-state index in [1.807, 2.05) is 6.92 Å². The second kappa shape index (κ2) is 19.4. The molecule has 10 heteroatoms. The SMILES string of the molecule is CCCOCCOCCOCCOC(=O)C(C)CNCCC[Si](OC)(OC)OC. The van der Waals surface area contributed by atoms with E-state index in [1.54, 1.807) is 21.3 Å². The first-order chi connectivity index (χ1) is 14.0. The first-order valence-electron chi connectivity index (χ1n) is 10.3. The summed E-state index contributed by atoms with van der Waals surface area (Å²) in [5.74, 6) is -0.462. The summed E-state index contributed by atoms with van der Waals surface area (Å²) in [5, 5.41) is 3.25. The van der Waals surface area contributed by atoms with Crippen LogP contribution in [0.25, 0.3) is 0 Å². The predicted molar refractivity (Wildman–Crippen MR) is 112 cm³/mol. The van der Waals surface area contributed by atoms with Gasteiger partial charge in [0.2, 0.25) is 0 Å². The summed E-state index contributed by atoms with van der Waals surface area (Å²) in [5.41, 5.74) is 0. The molecule has 0 saturated heterocycles. The van der Waals surface area contributed by atoms with Crippen molar-refractivity contribution in [1.82, 2.24) is 5.32 Å². The molecule has 1 unspecified atom stereocenters. The lowest BCUT2D eigenvalue weighted by atomic mass is 10.2. The van der Waals surface area contributed by atoms with Crippen LogP contribution in [0.3, 0.4) is 0 Å². The third-order valence-electron chi connectivity index (χ3n) is 4.19. The van der Waals surface area contributed by atoms with Gasteiger partial charge < -0.3 is 37.5 Å². The summed E-state index contributed by atoms with van der Waals surface area (Å²) >= 11 is 0. The molecule has 0 rings (SSSR count). The molecule has 0 heterocycles. The molecule has 0 bridgehead atoms. The van der Waals surface area contributed by atoms with E-state index < -0.39 is 8.80 Å². The Bertz CT molecular complexity index is 377. The number of carbonyl (C=O) groups excluding carboxylic acids is 1. The summed E-state index contributed by atoms with van der Waals surface area (Å²) < 4.78 is 37.4. The van der Waals surface area contributed by atoms with E-state index in [0.717, 1.165) is 32.0 Å². The summed E-state index contributed by atoms with van der Waals surface area (Å²) in [6, 6.07) is 0.717. The smallest absolute Gasteiger partial charge is 0.463 e. The van der Waals surface area contributed by atoms with E-state index in [4.69, 9.17) is 32.2 Å². The maximum absolute atomic E-state index is 12.0. The normalized spacial score (nSPS) is 12.9. The molecule has 0 amide bonds. The van der Waals surface area contributed by atoms with Gasteiger partial charge in [0.15, 0.2) is 0 Å². The van der Waals surface area contributed by atoms with Gasteiger partial charge in [-0.15, -0.1) is 0 Å². The van der Waals surface area contributed by atoms with Crippen molar-refractivity contribution < 1.29 is 37.0 Å². The van der Waals surface area contributed by atoms with E-state index in [-0.39, 0.29) is 18.5 Å². The molecule has 29 heavy (non-hydrogen) atoms. The Morgan fingerprint density at radius 1 is 0.862 bits per heavy atom. The third-order valence-corrected chi connectivity index (χ3v) is 7.02. The quantitative estimate of drug-likeness (QED) is 0.162. The van der Waals surface area contributed by atoms with Gasteiger partial charge in [0, 0.05) is 40.5 Å². The highest BCUT2D eigenvalue weighted by atomic mass is 28.4. The van der Waals surface area contributed by atoms with Gasteiger partial charge in [0.05, 0.1) is 39.0 Å². The minimum atomic E-state index is -2.52. The first-order valence-corrected chi connectivity index (χ1v) is 12.2. The minimum absolute atomic E-state index is 0.226. The Morgan fingerprint density at radius 3 is 1.90 bits per heavy atom. The fraction of sp³-hybridized carbons (Fsp3) is 0.947. The average Bonchev–Trinajstić information content (AvgIpc) is 2.74. The lowest BCUT2D eigenvalue weighted by Crippen LogP contribution is -2.43. The fourth-order valence-electron chi connectivity index (χ4n) is 2.42. The van der Waals surface area contributed by atoms with Crippen molar-refractivity contribution in [3.05, 3.63) is 0 Å². The first kappa shape index (κ1) is 28.4. The molecule has 0 aliphatic rings. The Balaban J connectivity index is 3.56. The van der Waals surface area contributed by atoms with Crippen LogP contribution in [-0.4, -0.2) is 95.4 Å². The van der Waals surface area contributed by atoms with Gasteiger partial charge in [-0.25, -0.2) is 0 Å². The van der Waals surface area contributed by atoms with Gasteiger partial charge >= 0.3 is 14.8 Å². The zero-order valence-electron chi connectivity index (χ0n) is 18.8. The van der Waals surface area contributed by atoms with Crippen LogP contribution in [-0.2, 0) is 37.0 Å². The molecule has 1 N–H and O–H groups in total. The van der Waals surface area contributed by atoms with E-state index in [2.05, 4.69) is 12.2 Å². The topological polar surface area (TPSA) is 93.7 Å². The van der Waals surface area contributed by atoms with Crippen LogP contribution < -0.4 is 5.32 Å². The number of ether oxygens (including phenoxy) is 4. The van der Waals surface area contributed by atoms with Crippen molar-refractivity contribution in [2.45, 2.75) is 32.7 Å². The number of rotatable bonds is 21. The van der Waals surface area contributed by atoms with Crippen molar-refractivity contribution in [3.8, 4) is 0 Å². The molecule has 0 aliphatic heterocycles. The van der Waals surface area contributed by atoms with Gasteiger partial charge in [-0.05, 0) is 19.4 Å². The second-order valence-electron chi connectivity index (χ2n) is 6.51. The lowest BCUT2D eigenvalue weighted by Gasteiger charge is -2.24. The number of hydrogen-bond donors (Lipinski definition) is 1. The largest absolute Gasteiger partial charge is 0.500 e. The van der Waals surface area contributed by atoms with Crippen molar-refractivity contribution in [3.63, 3.8) is 0 Å². The molecule has 0 aromatic carbocycles. The molecule has 9 nitrogen and oxygen atoms in total. The van der Waals surface area contributed by atoms with E-state index in [9.17, 15) is 4.79 Å². The zero-order chi connectivity index (χ0) is 21.8. The van der Waals surface area contributed by atoms with Crippen LogP contribution in [0.15, 0.2) is 0 Å². The monoisotopic (exact) mass is 439 g/mol. The van der Waals surface area contributed by atoms with E-state index >= 15 is 0 Å².